The van der Waals surface area contributed by atoms with Crippen LogP contribution in [0, 0.1) is 6.92 Å². The lowest BCUT2D eigenvalue weighted by Gasteiger charge is -2.05. The predicted octanol–water partition coefficient (Wildman–Crippen LogP) is 7.12. The summed E-state index contributed by atoms with van der Waals surface area (Å²) in [5.74, 6) is 1.05. The highest BCUT2D eigenvalue weighted by Crippen LogP contribution is 2.31. The summed E-state index contributed by atoms with van der Waals surface area (Å²) in [6.45, 7) is 1.79. The van der Waals surface area contributed by atoms with E-state index in [9.17, 15) is 31.1 Å². The Balaban J connectivity index is 0.000000232. The predicted molar refractivity (Wildman–Crippen MR) is 106 cm³/mol. The molecule has 1 heterocycles. The molecule has 0 spiro atoms. The molecule has 2 aromatic carbocycles. The van der Waals surface area contributed by atoms with Crippen LogP contribution in [0.2, 0.25) is 0 Å². The van der Waals surface area contributed by atoms with Crippen molar-refractivity contribution in [3.63, 3.8) is 0 Å². The van der Waals surface area contributed by atoms with Crippen LogP contribution in [0.25, 0.3) is 11.5 Å². The van der Waals surface area contributed by atoms with Crippen LogP contribution in [0.3, 0.4) is 0 Å². The minimum absolute atomic E-state index is 0.239. The second-order valence-electron chi connectivity index (χ2n) is 5.97. The number of halogens is 7. The first-order valence-electron chi connectivity index (χ1n) is 8.28. The van der Waals surface area contributed by atoms with Gasteiger partial charge in [-0.2, -0.15) is 26.3 Å². The summed E-state index contributed by atoms with van der Waals surface area (Å²) in [7, 11) is 0. The molecule has 30 heavy (non-hydrogen) atoms. The lowest BCUT2D eigenvalue weighted by Crippen LogP contribution is -2.04. The maximum Gasteiger partial charge on any atom is 0.416 e. The van der Waals surface area contributed by atoms with Crippen molar-refractivity contribution >= 4 is 28.9 Å². The minimum Gasteiger partial charge on any atom is -0.441 e. The highest BCUT2D eigenvalue weighted by Gasteiger charge is 2.30. The van der Waals surface area contributed by atoms with Gasteiger partial charge in [0.15, 0.2) is 0 Å². The number of alkyl halides is 7. The Morgan fingerprint density at radius 3 is 1.73 bits per heavy atom. The molecule has 10 heteroatoms. The largest absolute Gasteiger partial charge is 0.441 e. The summed E-state index contributed by atoms with van der Waals surface area (Å²) in [4.78, 5) is 14.3. The van der Waals surface area contributed by atoms with Crippen molar-refractivity contribution < 1.29 is 35.6 Å². The smallest absolute Gasteiger partial charge is 0.416 e. The van der Waals surface area contributed by atoms with Gasteiger partial charge in [-0.15, -0.1) is 0 Å². The van der Waals surface area contributed by atoms with E-state index in [1.54, 1.807) is 6.92 Å². The standard InChI is InChI=1S/C12H9F3INO.C8H5F3O/c1-7-10(6-16)17-11(18-7)8-2-4-9(5-3-8)12(13,14)15;9-8(10,11)7-3-1-6(5-12)2-4-7/h2-5H,6H2,1H3;1-5H. The minimum atomic E-state index is -4.33. The van der Waals surface area contributed by atoms with E-state index in [0.717, 1.165) is 42.1 Å². The molecule has 0 unspecified atom stereocenters. The molecule has 0 atom stereocenters. The molecule has 0 aliphatic carbocycles. The number of aryl methyl sites for hydroxylation is 1. The Morgan fingerprint density at radius 1 is 0.900 bits per heavy atom. The van der Waals surface area contributed by atoms with Crippen LogP contribution in [0.1, 0.15) is 32.9 Å². The quantitative estimate of drug-likeness (QED) is 0.154. The van der Waals surface area contributed by atoms with Crippen molar-refractivity contribution in [1.82, 2.24) is 4.98 Å². The first-order valence-corrected chi connectivity index (χ1v) is 9.80. The molecule has 0 saturated heterocycles. The number of hydrogen-bond donors (Lipinski definition) is 0. The molecular formula is C20H14F6INO2. The summed E-state index contributed by atoms with van der Waals surface area (Å²) < 4.78 is 79.1. The lowest BCUT2D eigenvalue weighted by molar-refractivity contribution is -0.138. The van der Waals surface area contributed by atoms with Gasteiger partial charge in [-0.05, 0) is 43.3 Å². The molecule has 0 bridgehead atoms. The molecule has 0 aliphatic heterocycles. The topological polar surface area (TPSA) is 43.1 Å². The number of carbonyl (C=O) groups excluding carboxylic acids is 1. The van der Waals surface area contributed by atoms with Gasteiger partial charge in [0, 0.05) is 15.6 Å². The number of aldehydes is 1. The molecule has 1 aromatic heterocycles. The second kappa shape index (κ2) is 9.63. The zero-order valence-electron chi connectivity index (χ0n) is 15.3. The van der Waals surface area contributed by atoms with Crippen LogP contribution >= 0.6 is 22.6 Å². The Hall–Kier alpha value is -2.37. The van der Waals surface area contributed by atoms with E-state index < -0.39 is 23.5 Å². The first-order chi connectivity index (χ1) is 14.0. The Morgan fingerprint density at radius 2 is 1.37 bits per heavy atom. The first kappa shape index (κ1) is 23.9. The average Bonchev–Trinajstić information content (AvgIpc) is 3.08. The summed E-state index contributed by atoms with van der Waals surface area (Å²) in [6.07, 6.45) is -8.15. The molecule has 0 saturated carbocycles. The Bertz CT molecular complexity index is 977. The van der Waals surface area contributed by atoms with Crippen molar-refractivity contribution in [3.8, 4) is 11.5 Å². The van der Waals surface area contributed by atoms with E-state index in [4.69, 9.17) is 4.42 Å². The molecule has 3 rings (SSSR count). The van der Waals surface area contributed by atoms with Gasteiger partial charge in [-0.3, -0.25) is 4.79 Å². The third kappa shape index (κ3) is 6.31. The highest BCUT2D eigenvalue weighted by molar-refractivity contribution is 14.1. The van der Waals surface area contributed by atoms with Gasteiger partial charge in [0.1, 0.15) is 12.0 Å². The molecular weight excluding hydrogens is 527 g/mol. The molecule has 160 valence electrons. The molecule has 0 fully saturated rings. The number of benzene rings is 2. The van der Waals surface area contributed by atoms with E-state index >= 15 is 0 Å². The van der Waals surface area contributed by atoms with E-state index in [1.165, 1.54) is 12.1 Å². The van der Waals surface area contributed by atoms with Gasteiger partial charge in [0.2, 0.25) is 5.89 Å². The number of rotatable bonds is 3. The van der Waals surface area contributed by atoms with Crippen molar-refractivity contribution in [2.24, 2.45) is 0 Å². The summed E-state index contributed by atoms with van der Waals surface area (Å²) in [5, 5.41) is 0. The highest BCUT2D eigenvalue weighted by atomic mass is 127. The maximum atomic E-state index is 12.4. The lowest BCUT2D eigenvalue weighted by atomic mass is 10.1. The van der Waals surface area contributed by atoms with Crippen molar-refractivity contribution in [2.75, 3.05) is 0 Å². The van der Waals surface area contributed by atoms with Crippen LogP contribution in [-0.4, -0.2) is 11.3 Å². The molecule has 0 aliphatic rings. The van der Waals surface area contributed by atoms with E-state index in [-0.39, 0.29) is 5.56 Å². The summed E-state index contributed by atoms with van der Waals surface area (Å²) in [5.41, 5.74) is 0.174. The molecule has 3 nitrogen and oxygen atoms in total. The number of hydrogen-bond acceptors (Lipinski definition) is 3. The van der Waals surface area contributed by atoms with Gasteiger partial charge in [-0.1, -0.05) is 34.7 Å². The maximum absolute atomic E-state index is 12.4. The van der Waals surface area contributed by atoms with E-state index in [0.29, 0.717) is 27.9 Å². The monoisotopic (exact) mass is 541 g/mol. The van der Waals surface area contributed by atoms with Crippen molar-refractivity contribution in [2.45, 2.75) is 23.7 Å². The molecule has 0 radical (unpaired) electrons. The van der Waals surface area contributed by atoms with Gasteiger partial charge in [0.05, 0.1) is 16.8 Å². The molecule has 3 aromatic rings. The van der Waals surface area contributed by atoms with Gasteiger partial charge >= 0.3 is 12.4 Å². The van der Waals surface area contributed by atoms with Crippen LogP contribution in [0.5, 0.6) is 0 Å². The van der Waals surface area contributed by atoms with Crippen LogP contribution in [0.4, 0.5) is 26.3 Å². The third-order valence-corrected chi connectivity index (χ3v) is 4.58. The fraction of sp³-hybridized carbons (Fsp3) is 0.200. The molecule has 0 amide bonds. The van der Waals surface area contributed by atoms with E-state index in [1.807, 2.05) is 0 Å². The molecule has 0 N–H and O–H groups in total. The zero-order chi connectivity index (χ0) is 22.5. The Labute approximate surface area is 181 Å². The fourth-order valence-electron chi connectivity index (χ4n) is 2.23. The fourth-order valence-corrected chi connectivity index (χ4v) is 2.94. The van der Waals surface area contributed by atoms with Gasteiger partial charge in [-0.25, -0.2) is 4.98 Å². The van der Waals surface area contributed by atoms with Gasteiger partial charge < -0.3 is 4.42 Å². The number of carbonyl (C=O) groups is 1. The average molecular weight is 541 g/mol. The Kier molecular flexibility index (Phi) is 7.67. The third-order valence-electron chi connectivity index (χ3n) is 3.85. The van der Waals surface area contributed by atoms with Crippen molar-refractivity contribution in [1.29, 1.82) is 0 Å². The SMILES string of the molecule is Cc1oc(-c2ccc(C(F)(F)F)cc2)nc1CI.O=Cc1ccc(C(F)(F)F)cc1. The van der Waals surface area contributed by atoms with Crippen LogP contribution < -0.4 is 0 Å². The number of nitrogens with zero attached hydrogens (tertiary/aromatic N) is 1. The number of aromatic nitrogens is 1. The normalized spacial score (nSPS) is 11.6. The number of oxazole rings is 1. The summed E-state index contributed by atoms with van der Waals surface area (Å²) >= 11 is 2.16. The second-order valence-corrected chi connectivity index (χ2v) is 6.73. The van der Waals surface area contributed by atoms with Crippen LogP contribution in [-0.2, 0) is 16.8 Å². The van der Waals surface area contributed by atoms with E-state index in [2.05, 4.69) is 27.6 Å². The zero-order valence-corrected chi connectivity index (χ0v) is 17.5. The van der Waals surface area contributed by atoms with Gasteiger partial charge in [0.25, 0.3) is 0 Å². The van der Waals surface area contributed by atoms with Crippen LogP contribution in [0.15, 0.2) is 52.9 Å². The summed E-state index contributed by atoms with van der Waals surface area (Å²) in [6, 6.07) is 8.81. The van der Waals surface area contributed by atoms with Crippen molar-refractivity contribution in [3.05, 3.63) is 76.7 Å².